The van der Waals surface area contributed by atoms with E-state index >= 15 is 0 Å². The van der Waals surface area contributed by atoms with Crippen LogP contribution in [0.5, 0.6) is 5.75 Å². The van der Waals surface area contributed by atoms with E-state index in [-0.39, 0.29) is 0 Å². The Labute approximate surface area is 111 Å². The second kappa shape index (κ2) is 5.75. The molecule has 2 rings (SSSR count). The minimum absolute atomic E-state index is 0.404. The van der Waals surface area contributed by atoms with Crippen LogP contribution in [0.1, 0.15) is 57.2 Å². The Morgan fingerprint density at radius 1 is 1.39 bits per heavy atom. The molecule has 0 bridgehead atoms. The van der Waals surface area contributed by atoms with Gasteiger partial charge < -0.3 is 5.11 Å². The molecule has 0 saturated carbocycles. The molecule has 100 valence electrons. The standard InChI is InChI=1S/C16H25NO/c1-4-12(3)17(5-2)16-8-6-7-13-11-14(18)9-10-15(13)16/h9-12,16,18H,4-8H2,1-3H3. The largest absolute Gasteiger partial charge is 0.508 e. The molecule has 18 heavy (non-hydrogen) atoms. The Bertz CT molecular complexity index is 402. The van der Waals surface area contributed by atoms with E-state index in [0.29, 0.717) is 17.8 Å². The van der Waals surface area contributed by atoms with Gasteiger partial charge in [0.1, 0.15) is 5.75 Å². The zero-order valence-electron chi connectivity index (χ0n) is 11.8. The Balaban J connectivity index is 2.31. The van der Waals surface area contributed by atoms with Crippen LogP contribution >= 0.6 is 0 Å². The molecule has 0 saturated heterocycles. The topological polar surface area (TPSA) is 23.5 Å². The number of hydrogen-bond donors (Lipinski definition) is 1. The molecule has 1 aliphatic carbocycles. The number of fused-ring (bicyclic) bond motifs is 1. The van der Waals surface area contributed by atoms with Crippen molar-refractivity contribution in [3.05, 3.63) is 29.3 Å². The summed E-state index contributed by atoms with van der Waals surface area (Å²) < 4.78 is 0. The van der Waals surface area contributed by atoms with Gasteiger partial charge in [-0.2, -0.15) is 0 Å². The summed E-state index contributed by atoms with van der Waals surface area (Å²) in [4.78, 5) is 2.61. The molecule has 0 aliphatic heterocycles. The van der Waals surface area contributed by atoms with Gasteiger partial charge in [-0.15, -0.1) is 0 Å². The maximum atomic E-state index is 9.61. The first kappa shape index (κ1) is 13.4. The highest BCUT2D eigenvalue weighted by Crippen LogP contribution is 2.36. The third kappa shape index (κ3) is 2.54. The zero-order chi connectivity index (χ0) is 13.1. The molecule has 0 aromatic heterocycles. The molecule has 1 aromatic carbocycles. The number of rotatable bonds is 4. The van der Waals surface area contributed by atoms with Crippen molar-refractivity contribution in [2.75, 3.05) is 6.54 Å². The average Bonchev–Trinajstić information content (AvgIpc) is 2.39. The molecule has 0 spiro atoms. The highest BCUT2D eigenvalue weighted by Gasteiger charge is 2.27. The van der Waals surface area contributed by atoms with Crippen molar-refractivity contribution in [3.63, 3.8) is 0 Å². The summed E-state index contributed by atoms with van der Waals surface area (Å²) in [6, 6.07) is 7.07. The first-order chi connectivity index (χ1) is 8.67. The highest BCUT2D eigenvalue weighted by molar-refractivity contribution is 5.38. The van der Waals surface area contributed by atoms with E-state index in [1.807, 2.05) is 12.1 Å². The quantitative estimate of drug-likeness (QED) is 0.872. The number of benzene rings is 1. The minimum Gasteiger partial charge on any atom is -0.508 e. The van der Waals surface area contributed by atoms with E-state index < -0.39 is 0 Å². The van der Waals surface area contributed by atoms with Crippen molar-refractivity contribution in [1.82, 2.24) is 4.90 Å². The molecule has 1 aliphatic rings. The van der Waals surface area contributed by atoms with E-state index in [1.54, 1.807) is 0 Å². The summed E-state index contributed by atoms with van der Waals surface area (Å²) in [5.74, 6) is 0.404. The van der Waals surface area contributed by atoms with E-state index in [9.17, 15) is 5.11 Å². The fourth-order valence-corrected chi connectivity index (χ4v) is 3.19. The predicted octanol–water partition coefficient (Wildman–Crippen LogP) is 3.89. The number of hydrogen-bond acceptors (Lipinski definition) is 2. The van der Waals surface area contributed by atoms with Crippen molar-refractivity contribution in [2.45, 2.75) is 58.5 Å². The smallest absolute Gasteiger partial charge is 0.115 e. The number of nitrogens with zero attached hydrogens (tertiary/aromatic N) is 1. The fourth-order valence-electron chi connectivity index (χ4n) is 3.19. The van der Waals surface area contributed by atoms with Crippen molar-refractivity contribution < 1.29 is 5.11 Å². The molecule has 0 heterocycles. The lowest BCUT2D eigenvalue weighted by atomic mass is 9.86. The molecule has 0 fully saturated rings. The summed E-state index contributed by atoms with van der Waals surface area (Å²) in [5, 5.41) is 9.61. The van der Waals surface area contributed by atoms with E-state index in [4.69, 9.17) is 0 Å². The molecular formula is C16H25NO. The molecule has 2 nitrogen and oxygen atoms in total. The van der Waals surface area contributed by atoms with Crippen LogP contribution in [-0.2, 0) is 6.42 Å². The SMILES string of the molecule is CCC(C)N(CC)C1CCCc2cc(O)ccc21. The second-order valence-electron chi connectivity index (χ2n) is 5.38. The van der Waals surface area contributed by atoms with E-state index in [1.165, 1.54) is 30.4 Å². The number of aryl methyl sites for hydroxylation is 1. The Morgan fingerprint density at radius 2 is 2.17 bits per heavy atom. The van der Waals surface area contributed by atoms with Crippen molar-refractivity contribution >= 4 is 0 Å². The number of phenolic OH excluding ortho intramolecular Hbond substituents is 1. The van der Waals surface area contributed by atoms with Crippen molar-refractivity contribution in [3.8, 4) is 5.75 Å². The van der Waals surface area contributed by atoms with Crippen LogP contribution in [0, 0.1) is 0 Å². The summed E-state index contributed by atoms with van der Waals surface area (Å²) in [6.45, 7) is 7.92. The summed E-state index contributed by atoms with van der Waals surface area (Å²) >= 11 is 0. The van der Waals surface area contributed by atoms with Gasteiger partial charge >= 0.3 is 0 Å². The monoisotopic (exact) mass is 247 g/mol. The number of aromatic hydroxyl groups is 1. The van der Waals surface area contributed by atoms with Crippen LogP contribution in [0.15, 0.2) is 18.2 Å². The van der Waals surface area contributed by atoms with Gasteiger partial charge in [0.2, 0.25) is 0 Å². The van der Waals surface area contributed by atoms with Gasteiger partial charge in [-0.25, -0.2) is 0 Å². The lowest BCUT2D eigenvalue weighted by Gasteiger charge is -2.39. The summed E-state index contributed by atoms with van der Waals surface area (Å²) in [5.41, 5.74) is 2.77. The lowest BCUT2D eigenvalue weighted by molar-refractivity contribution is 0.133. The summed E-state index contributed by atoms with van der Waals surface area (Å²) in [7, 11) is 0. The third-order valence-electron chi connectivity index (χ3n) is 4.33. The first-order valence-corrected chi connectivity index (χ1v) is 7.24. The van der Waals surface area contributed by atoms with Gasteiger partial charge in [0.25, 0.3) is 0 Å². The molecule has 2 unspecified atom stereocenters. The second-order valence-corrected chi connectivity index (χ2v) is 5.38. The Kier molecular flexibility index (Phi) is 4.28. The average molecular weight is 247 g/mol. The van der Waals surface area contributed by atoms with Crippen LogP contribution in [0.3, 0.4) is 0 Å². The molecule has 0 radical (unpaired) electrons. The predicted molar refractivity (Wildman–Crippen MR) is 75.9 cm³/mol. The maximum absolute atomic E-state index is 9.61. The van der Waals surface area contributed by atoms with Gasteiger partial charge in [0, 0.05) is 12.1 Å². The van der Waals surface area contributed by atoms with Crippen LogP contribution < -0.4 is 0 Å². The molecule has 2 atom stereocenters. The molecule has 0 amide bonds. The third-order valence-corrected chi connectivity index (χ3v) is 4.33. The van der Waals surface area contributed by atoms with Crippen molar-refractivity contribution in [1.29, 1.82) is 0 Å². The fraction of sp³-hybridized carbons (Fsp3) is 0.625. The molecule has 2 heteroatoms. The lowest BCUT2D eigenvalue weighted by Crippen LogP contribution is -2.37. The van der Waals surface area contributed by atoms with Crippen LogP contribution in [0.2, 0.25) is 0 Å². The van der Waals surface area contributed by atoms with Gasteiger partial charge in [0.05, 0.1) is 0 Å². The van der Waals surface area contributed by atoms with Gasteiger partial charge in [-0.1, -0.05) is 19.9 Å². The zero-order valence-corrected chi connectivity index (χ0v) is 11.8. The van der Waals surface area contributed by atoms with Gasteiger partial charge in [0.15, 0.2) is 0 Å². The van der Waals surface area contributed by atoms with Crippen LogP contribution in [-0.4, -0.2) is 22.6 Å². The highest BCUT2D eigenvalue weighted by atomic mass is 16.3. The number of phenols is 1. The van der Waals surface area contributed by atoms with E-state index in [2.05, 4.69) is 31.7 Å². The normalized spacial score (nSPS) is 20.8. The van der Waals surface area contributed by atoms with Crippen molar-refractivity contribution in [2.24, 2.45) is 0 Å². The minimum atomic E-state index is 0.404. The van der Waals surface area contributed by atoms with Crippen LogP contribution in [0.25, 0.3) is 0 Å². The Morgan fingerprint density at radius 3 is 2.83 bits per heavy atom. The summed E-state index contributed by atoms with van der Waals surface area (Å²) in [6.07, 6.45) is 4.78. The molecule has 1 N–H and O–H groups in total. The van der Waals surface area contributed by atoms with Crippen LogP contribution in [0.4, 0.5) is 0 Å². The molecular weight excluding hydrogens is 222 g/mol. The van der Waals surface area contributed by atoms with Gasteiger partial charge in [-0.05, 0) is 62.4 Å². The van der Waals surface area contributed by atoms with Gasteiger partial charge in [-0.3, -0.25) is 4.90 Å². The first-order valence-electron chi connectivity index (χ1n) is 7.24. The van der Waals surface area contributed by atoms with E-state index in [0.717, 1.165) is 13.0 Å². The maximum Gasteiger partial charge on any atom is 0.115 e. The Hall–Kier alpha value is -1.02. The molecule has 1 aromatic rings.